The lowest BCUT2D eigenvalue weighted by Crippen LogP contribution is -2.44. The van der Waals surface area contributed by atoms with E-state index in [0.29, 0.717) is 36.8 Å². The van der Waals surface area contributed by atoms with E-state index in [1.165, 1.54) is 0 Å². The smallest absolute Gasteiger partial charge is 0.243 e. The van der Waals surface area contributed by atoms with Crippen LogP contribution in [-0.4, -0.2) is 45.6 Å². The van der Waals surface area contributed by atoms with E-state index in [-0.39, 0.29) is 12.0 Å². The third-order valence-corrected chi connectivity index (χ3v) is 6.01. The molecule has 1 aromatic rings. The summed E-state index contributed by atoms with van der Waals surface area (Å²) in [6, 6.07) is 6.75. The molecule has 2 rings (SSSR count). The first-order chi connectivity index (χ1) is 11.4. The van der Waals surface area contributed by atoms with Crippen molar-refractivity contribution in [1.82, 2.24) is 4.31 Å². The average molecular weight is 353 g/mol. The van der Waals surface area contributed by atoms with Crippen molar-refractivity contribution in [1.29, 1.82) is 0 Å². The quantitative estimate of drug-likeness (QED) is 0.817. The Bertz CT molecular complexity index is 665. The summed E-state index contributed by atoms with van der Waals surface area (Å²) in [6.07, 6.45) is 2.54. The molecule has 6 heteroatoms. The van der Waals surface area contributed by atoms with Crippen LogP contribution in [0, 0.1) is 12.8 Å². The Morgan fingerprint density at radius 1 is 1.29 bits per heavy atom. The molecule has 0 aromatic heterocycles. The van der Waals surface area contributed by atoms with Crippen molar-refractivity contribution in [3.05, 3.63) is 41.7 Å². The van der Waals surface area contributed by atoms with Gasteiger partial charge in [-0.3, -0.25) is 0 Å². The summed E-state index contributed by atoms with van der Waals surface area (Å²) in [7, 11) is -1.95. The first-order valence-corrected chi connectivity index (χ1v) is 9.71. The highest BCUT2D eigenvalue weighted by Crippen LogP contribution is 2.26. The minimum Gasteiger partial charge on any atom is -0.496 e. The van der Waals surface area contributed by atoms with E-state index in [9.17, 15) is 8.42 Å². The van der Waals surface area contributed by atoms with Gasteiger partial charge in [-0.05, 0) is 37.5 Å². The van der Waals surface area contributed by atoms with E-state index in [0.717, 1.165) is 5.56 Å². The fourth-order valence-corrected chi connectivity index (χ4v) is 4.52. The number of sulfonamides is 1. The molecule has 1 aliphatic heterocycles. The minimum absolute atomic E-state index is 0.124. The molecule has 0 unspecified atom stereocenters. The fourth-order valence-electron chi connectivity index (χ4n) is 2.78. The lowest BCUT2D eigenvalue weighted by Gasteiger charge is -2.33. The lowest BCUT2D eigenvalue weighted by atomic mass is 10.0. The van der Waals surface area contributed by atoms with Gasteiger partial charge in [0.2, 0.25) is 10.0 Å². The van der Waals surface area contributed by atoms with Gasteiger partial charge in [0.05, 0.1) is 11.5 Å². The van der Waals surface area contributed by atoms with Crippen molar-refractivity contribution in [2.45, 2.75) is 38.1 Å². The van der Waals surface area contributed by atoms with Gasteiger partial charge in [-0.25, -0.2) is 8.42 Å². The highest BCUT2D eigenvalue weighted by molar-refractivity contribution is 7.89. The molecule has 0 amide bonds. The van der Waals surface area contributed by atoms with Crippen molar-refractivity contribution in [3.63, 3.8) is 0 Å². The molecule has 0 N–H and O–H groups in total. The molecule has 0 saturated carbocycles. The molecule has 24 heavy (non-hydrogen) atoms. The van der Waals surface area contributed by atoms with E-state index in [4.69, 9.17) is 9.47 Å². The van der Waals surface area contributed by atoms with Crippen LogP contribution in [0.5, 0.6) is 0 Å². The van der Waals surface area contributed by atoms with Gasteiger partial charge >= 0.3 is 0 Å². The van der Waals surface area contributed by atoms with Crippen molar-refractivity contribution >= 4 is 10.0 Å². The van der Waals surface area contributed by atoms with Gasteiger partial charge in [-0.15, -0.1) is 0 Å². The van der Waals surface area contributed by atoms with Crippen molar-refractivity contribution in [2.24, 2.45) is 5.92 Å². The second-order valence-electron chi connectivity index (χ2n) is 6.43. The number of rotatable bonds is 5. The third-order valence-electron chi connectivity index (χ3n) is 4.10. The Labute approximate surface area is 145 Å². The summed E-state index contributed by atoms with van der Waals surface area (Å²) in [5, 5.41) is 0. The predicted octanol–water partition coefficient (Wildman–Crippen LogP) is 2.96. The van der Waals surface area contributed by atoms with Crippen LogP contribution < -0.4 is 0 Å². The summed E-state index contributed by atoms with van der Waals surface area (Å²) in [6.45, 7) is 7.26. The molecule has 0 aliphatic carbocycles. The number of aryl methyl sites for hydroxylation is 1. The van der Waals surface area contributed by atoms with Crippen LogP contribution in [0.1, 0.15) is 25.8 Å². The van der Waals surface area contributed by atoms with Crippen LogP contribution in [0.15, 0.2) is 41.0 Å². The van der Waals surface area contributed by atoms with E-state index >= 15 is 0 Å². The number of ether oxygens (including phenoxy) is 2. The molecule has 134 valence electrons. The zero-order valence-corrected chi connectivity index (χ0v) is 15.7. The molecule has 1 aliphatic rings. The zero-order chi connectivity index (χ0) is 17.7. The molecule has 0 radical (unpaired) electrons. The Balaban J connectivity index is 2.43. The van der Waals surface area contributed by atoms with Crippen molar-refractivity contribution in [3.8, 4) is 0 Å². The van der Waals surface area contributed by atoms with E-state index in [1.54, 1.807) is 23.5 Å². The number of methoxy groups -OCH3 is 1. The first kappa shape index (κ1) is 19.0. The zero-order valence-electron chi connectivity index (χ0n) is 14.9. The van der Waals surface area contributed by atoms with Gasteiger partial charge in [-0.2, -0.15) is 4.31 Å². The molecule has 0 spiro atoms. The van der Waals surface area contributed by atoms with E-state index in [1.807, 2.05) is 39.0 Å². The maximum absolute atomic E-state index is 13.2. The van der Waals surface area contributed by atoms with Gasteiger partial charge < -0.3 is 9.47 Å². The standard InChI is InChI=1S/C18H27NO4S/c1-14(2)18-12-16(13-22-4)23-11-5-10-19(18)24(20,21)17-8-6-15(3)7-9-17/h6-9,12,14,18H,5,10-11,13H2,1-4H3/b16-12-/t18-/m1/s1. The Morgan fingerprint density at radius 3 is 2.54 bits per heavy atom. The summed E-state index contributed by atoms with van der Waals surface area (Å²) in [5.74, 6) is 0.818. The summed E-state index contributed by atoms with van der Waals surface area (Å²) < 4.78 is 38.8. The maximum Gasteiger partial charge on any atom is 0.243 e. The van der Waals surface area contributed by atoms with Crippen LogP contribution in [-0.2, 0) is 19.5 Å². The van der Waals surface area contributed by atoms with Crippen LogP contribution in [0.25, 0.3) is 0 Å². The molecule has 0 saturated heterocycles. The van der Waals surface area contributed by atoms with Crippen LogP contribution in [0.4, 0.5) is 0 Å². The second kappa shape index (κ2) is 8.14. The second-order valence-corrected chi connectivity index (χ2v) is 8.32. The number of benzene rings is 1. The van der Waals surface area contributed by atoms with Gasteiger partial charge in [-0.1, -0.05) is 31.5 Å². The van der Waals surface area contributed by atoms with Gasteiger partial charge in [0, 0.05) is 19.7 Å². The first-order valence-electron chi connectivity index (χ1n) is 8.27. The highest BCUT2D eigenvalue weighted by Gasteiger charge is 2.33. The molecular formula is C18H27NO4S. The fraction of sp³-hybridized carbons (Fsp3) is 0.556. The lowest BCUT2D eigenvalue weighted by molar-refractivity contribution is 0.114. The molecule has 0 bridgehead atoms. The monoisotopic (exact) mass is 353 g/mol. The SMILES string of the molecule is COC/C1=C/[C@H](C(C)C)N(S(=O)(=O)c2ccc(C)cc2)CCCO1. The largest absolute Gasteiger partial charge is 0.496 e. The summed E-state index contributed by atoms with van der Waals surface area (Å²) in [4.78, 5) is 0.335. The number of nitrogens with zero attached hydrogens (tertiary/aromatic N) is 1. The van der Waals surface area contributed by atoms with Gasteiger partial charge in [0.1, 0.15) is 12.4 Å². The molecule has 0 fully saturated rings. The molecule has 5 nitrogen and oxygen atoms in total. The van der Waals surface area contributed by atoms with Crippen molar-refractivity contribution < 1.29 is 17.9 Å². The molecule has 1 atom stereocenters. The van der Waals surface area contributed by atoms with E-state index < -0.39 is 10.0 Å². The maximum atomic E-state index is 13.2. The normalized spacial score (nSPS) is 22.4. The van der Waals surface area contributed by atoms with Crippen molar-refractivity contribution in [2.75, 3.05) is 26.9 Å². The van der Waals surface area contributed by atoms with Gasteiger partial charge in [0.15, 0.2) is 0 Å². The molecule has 1 heterocycles. The van der Waals surface area contributed by atoms with E-state index in [2.05, 4.69) is 0 Å². The number of hydrogen-bond donors (Lipinski definition) is 0. The summed E-state index contributed by atoms with van der Waals surface area (Å²) in [5.41, 5.74) is 1.04. The Morgan fingerprint density at radius 2 is 1.96 bits per heavy atom. The Kier molecular flexibility index (Phi) is 6.43. The average Bonchev–Trinajstić information content (AvgIpc) is 2.50. The summed E-state index contributed by atoms with van der Waals surface area (Å²) >= 11 is 0. The van der Waals surface area contributed by atoms with Crippen LogP contribution in [0.2, 0.25) is 0 Å². The number of hydrogen-bond acceptors (Lipinski definition) is 4. The van der Waals surface area contributed by atoms with Crippen LogP contribution >= 0.6 is 0 Å². The molecular weight excluding hydrogens is 326 g/mol. The highest BCUT2D eigenvalue weighted by atomic mass is 32.2. The van der Waals surface area contributed by atoms with Crippen LogP contribution in [0.3, 0.4) is 0 Å². The third kappa shape index (κ3) is 4.37. The topological polar surface area (TPSA) is 55.8 Å². The van der Waals surface area contributed by atoms with Gasteiger partial charge in [0.25, 0.3) is 0 Å². The minimum atomic E-state index is -3.56. The predicted molar refractivity (Wildman–Crippen MR) is 94.2 cm³/mol. The molecule has 1 aromatic carbocycles. The Hall–Kier alpha value is -1.37.